The van der Waals surface area contributed by atoms with E-state index in [1.165, 1.54) is 0 Å². The SMILES string of the molecule is COc1cc2nc(-c3ccccc3)nc(NCCc3ccc(O)cc3)c2cc1OC. The first-order valence-corrected chi connectivity index (χ1v) is 9.69. The number of nitrogens with zero attached hydrogens (tertiary/aromatic N) is 2. The van der Waals surface area contributed by atoms with E-state index in [9.17, 15) is 5.11 Å². The number of anilines is 1. The van der Waals surface area contributed by atoms with Crippen LogP contribution in [0.15, 0.2) is 66.7 Å². The Labute approximate surface area is 175 Å². The summed E-state index contributed by atoms with van der Waals surface area (Å²) in [6.07, 6.45) is 0.791. The Morgan fingerprint density at radius 3 is 2.27 bits per heavy atom. The van der Waals surface area contributed by atoms with E-state index in [0.717, 1.165) is 34.3 Å². The van der Waals surface area contributed by atoms with Gasteiger partial charge in [0.2, 0.25) is 0 Å². The molecule has 4 aromatic rings. The first kappa shape index (κ1) is 19.5. The molecule has 6 heteroatoms. The molecule has 152 valence electrons. The molecule has 0 fully saturated rings. The molecule has 1 aromatic heterocycles. The van der Waals surface area contributed by atoms with Gasteiger partial charge in [-0.05, 0) is 30.2 Å². The topological polar surface area (TPSA) is 76.5 Å². The summed E-state index contributed by atoms with van der Waals surface area (Å²) in [6, 6.07) is 20.9. The number of aromatic hydroxyl groups is 1. The first-order chi connectivity index (χ1) is 14.7. The van der Waals surface area contributed by atoms with E-state index < -0.39 is 0 Å². The number of hydrogen-bond acceptors (Lipinski definition) is 6. The van der Waals surface area contributed by atoms with Gasteiger partial charge in [-0.25, -0.2) is 9.97 Å². The van der Waals surface area contributed by atoms with Gasteiger partial charge in [-0.15, -0.1) is 0 Å². The monoisotopic (exact) mass is 401 g/mol. The van der Waals surface area contributed by atoms with Gasteiger partial charge < -0.3 is 19.9 Å². The zero-order valence-corrected chi connectivity index (χ0v) is 16.9. The Hall–Kier alpha value is -3.80. The van der Waals surface area contributed by atoms with Gasteiger partial charge >= 0.3 is 0 Å². The zero-order chi connectivity index (χ0) is 20.9. The maximum Gasteiger partial charge on any atom is 0.162 e. The lowest BCUT2D eigenvalue weighted by Gasteiger charge is -2.14. The van der Waals surface area contributed by atoms with Crippen LogP contribution in [0.5, 0.6) is 17.2 Å². The number of fused-ring (bicyclic) bond motifs is 1. The fourth-order valence-corrected chi connectivity index (χ4v) is 3.29. The standard InChI is InChI=1S/C24H23N3O3/c1-29-21-14-19-20(15-22(21)30-2)26-23(17-6-4-3-5-7-17)27-24(19)25-13-12-16-8-10-18(28)11-9-16/h3-11,14-15,28H,12-13H2,1-2H3,(H,25,26,27). The summed E-state index contributed by atoms with van der Waals surface area (Å²) in [5, 5.41) is 13.8. The van der Waals surface area contributed by atoms with Crippen molar-refractivity contribution in [3.05, 3.63) is 72.3 Å². The second kappa shape index (κ2) is 8.69. The Morgan fingerprint density at radius 1 is 0.867 bits per heavy atom. The van der Waals surface area contributed by atoms with E-state index in [2.05, 4.69) is 5.32 Å². The number of phenolic OH excluding ortho intramolecular Hbond substituents is 1. The van der Waals surface area contributed by atoms with Crippen LogP contribution < -0.4 is 14.8 Å². The van der Waals surface area contributed by atoms with E-state index in [4.69, 9.17) is 19.4 Å². The number of aromatic nitrogens is 2. The number of rotatable bonds is 7. The van der Waals surface area contributed by atoms with E-state index in [0.29, 0.717) is 23.9 Å². The van der Waals surface area contributed by atoms with E-state index >= 15 is 0 Å². The second-order valence-corrected chi connectivity index (χ2v) is 6.83. The molecule has 0 aliphatic heterocycles. The molecule has 0 spiro atoms. The van der Waals surface area contributed by atoms with Gasteiger partial charge in [-0.2, -0.15) is 0 Å². The van der Waals surface area contributed by atoms with Gasteiger partial charge in [0, 0.05) is 23.6 Å². The minimum atomic E-state index is 0.266. The van der Waals surface area contributed by atoms with Crippen LogP contribution in [0.1, 0.15) is 5.56 Å². The van der Waals surface area contributed by atoms with Crippen molar-refractivity contribution in [2.45, 2.75) is 6.42 Å². The predicted octanol–water partition coefficient (Wildman–Crippen LogP) is 4.67. The van der Waals surface area contributed by atoms with Crippen molar-refractivity contribution in [2.75, 3.05) is 26.1 Å². The van der Waals surface area contributed by atoms with Gasteiger partial charge in [-0.1, -0.05) is 42.5 Å². The fourth-order valence-electron chi connectivity index (χ4n) is 3.29. The Bertz CT molecular complexity index is 1150. The van der Waals surface area contributed by atoms with Crippen molar-refractivity contribution >= 4 is 16.7 Å². The maximum atomic E-state index is 9.45. The number of phenols is 1. The van der Waals surface area contributed by atoms with Crippen molar-refractivity contribution in [1.29, 1.82) is 0 Å². The fraction of sp³-hybridized carbons (Fsp3) is 0.167. The summed E-state index contributed by atoms with van der Waals surface area (Å²) in [5.74, 6) is 2.89. The summed E-state index contributed by atoms with van der Waals surface area (Å²) in [5.41, 5.74) is 2.84. The van der Waals surface area contributed by atoms with Crippen molar-refractivity contribution in [1.82, 2.24) is 9.97 Å². The van der Waals surface area contributed by atoms with Crippen LogP contribution in [0.4, 0.5) is 5.82 Å². The first-order valence-electron chi connectivity index (χ1n) is 9.69. The average molecular weight is 401 g/mol. The van der Waals surface area contributed by atoms with Crippen LogP contribution in [0.2, 0.25) is 0 Å². The molecule has 0 saturated heterocycles. The van der Waals surface area contributed by atoms with Crippen LogP contribution in [-0.2, 0) is 6.42 Å². The number of benzene rings is 3. The molecule has 0 aliphatic rings. The summed E-state index contributed by atoms with van der Waals surface area (Å²) in [6.45, 7) is 0.680. The molecule has 0 aliphatic carbocycles. The Balaban J connectivity index is 1.71. The smallest absolute Gasteiger partial charge is 0.162 e. The molecule has 0 bridgehead atoms. The highest BCUT2D eigenvalue weighted by Crippen LogP contribution is 2.35. The molecule has 6 nitrogen and oxygen atoms in total. The molecule has 0 atom stereocenters. The third-order valence-corrected chi connectivity index (χ3v) is 4.88. The van der Waals surface area contributed by atoms with Gasteiger partial charge in [0.25, 0.3) is 0 Å². The third kappa shape index (κ3) is 4.12. The van der Waals surface area contributed by atoms with Crippen LogP contribution in [0, 0.1) is 0 Å². The van der Waals surface area contributed by atoms with Gasteiger partial charge in [0.1, 0.15) is 11.6 Å². The Kier molecular flexibility index (Phi) is 5.66. The predicted molar refractivity (Wildman–Crippen MR) is 118 cm³/mol. The molecule has 0 radical (unpaired) electrons. The van der Waals surface area contributed by atoms with Gasteiger partial charge in [0.15, 0.2) is 17.3 Å². The maximum absolute atomic E-state index is 9.45. The van der Waals surface area contributed by atoms with E-state index in [1.807, 2.05) is 54.6 Å². The molecular formula is C24H23N3O3. The summed E-state index contributed by atoms with van der Waals surface area (Å²) < 4.78 is 10.9. The van der Waals surface area contributed by atoms with Crippen molar-refractivity contribution < 1.29 is 14.6 Å². The normalized spacial score (nSPS) is 10.7. The minimum Gasteiger partial charge on any atom is -0.508 e. The summed E-state index contributed by atoms with van der Waals surface area (Å²) in [7, 11) is 3.22. The summed E-state index contributed by atoms with van der Waals surface area (Å²) in [4.78, 5) is 9.54. The summed E-state index contributed by atoms with van der Waals surface area (Å²) >= 11 is 0. The Morgan fingerprint density at radius 2 is 1.57 bits per heavy atom. The highest BCUT2D eigenvalue weighted by atomic mass is 16.5. The third-order valence-electron chi connectivity index (χ3n) is 4.88. The molecule has 4 rings (SSSR count). The van der Waals surface area contributed by atoms with Crippen molar-refractivity contribution in [3.8, 4) is 28.6 Å². The molecule has 1 heterocycles. The van der Waals surface area contributed by atoms with Crippen molar-refractivity contribution in [3.63, 3.8) is 0 Å². The number of methoxy groups -OCH3 is 2. The van der Waals surface area contributed by atoms with E-state index in [-0.39, 0.29) is 5.75 Å². The number of ether oxygens (including phenoxy) is 2. The molecule has 0 saturated carbocycles. The van der Waals surface area contributed by atoms with Crippen LogP contribution in [0.3, 0.4) is 0 Å². The average Bonchev–Trinajstić information content (AvgIpc) is 2.79. The number of nitrogens with one attached hydrogen (secondary N) is 1. The molecule has 3 aromatic carbocycles. The second-order valence-electron chi connectivity index (χ2n) is 6.83. The van der Waals surface area contributed by atoms with Crippen molar-refractivity contribution in [2.24, 2.45) is 0 Å². The van der Waals surface area contributed by atoms with Gasteiger partial charge in [0.05, 0.1) is 19.7 Å². The van der Waals surface area contributed by atoms with Crippen LogP contribution in [0.25, 0.3) is 22.3 Å². The quantitative estimate of drug-likeness (QED) is 0.468. The molecule has 0 amide bonds. The van der Waals surface area contributed by atoms with Gasteiger partial charge in [-0.3, -0.25) is 0 Å². The van der Waals surface area contributed by atoms with Crippen LogP contribution in [-0.4, -0.2) is 35.8 Å². The minimum absolute atomic E-state index is 0.266. The molecule has 2 N–H and O–H groups in total. The molecule has 0 unspecified atom stereocenters. The highest BCUT2D eigenvalue weighted by Gasteiger charge is 2.14. The zero-order valence-electron chi connectivity index (χ0n) is 16.9. The lowest BCUT2D eigenvalue weighted by atomic mass is 10.1. The molecule has 30 heavy (non-hydrogen) atoms. The lowest BCUT2D eigenvalue weighted by Crippen LogP contribution is -2.08. The lowest BCUT2D eigenvalue weighted by molar-refractivity contribution is 0.356. The molecular weight excluding hydrogens is 378 g/mol. The number of hydrogen-bond donors (Lipinski definition) is 2. The largest absolute Gasteiger partial charge is 0.508 e. The van der Waals surface area contributed by atoms with Crippen LogP contribution >= 0.6 is 0 Å². The highest BCUT2D eigenvalue weighted by molar-refractivity contribution is 5.93. The van der Waals surface area contributed by atoms with E-state index in [1.54, 1.807) is 26.4 Å².